The molecule has 3 saturated heterocycles. The molecule has 4 aliphatic heterocycles. The summed E-state index contributed by atoms with van der Waals surface area (Å²) >= 11 is 0. The number of fused-ring (bicyclic) bond motifs is 4. The minimum Gasteiger partial charge on any atom is -0.450 e. The van der Waals surface area contributed by atoms with Crippen molar-refractivity contribution in [1.82, 2.24) is 20.0 Å². The zero-order valence-corrected chi connectivity index (χ0v) is 22.5. The number of carbonyl (C=O) groups is 2. The normalized spacial score (nSPS) is 29.7. The van der Waals surface area contributed by atoms with E-state index in [1.165, 1.54) is 30.4 Å². The number of amides is 3. The molecule has 204 valence electrons. The van der Waals surface area contributed by atoms with Crippen LogP contribution in [0.2, 0.25) is 0 Å². The summed E-state index contributed by atoms with van der Waals surface area (Å²) in [7, 11) is 0. The molecule has 7 nitrogen and oxygen atoms in total. The number of hydrogen-bond acceptors (Lipinski definition) is 4. The lowest BCUT2D eigenvalue weighted by Gasteiger charge is -2.51. The van der Waals surface area contributed by atoms with E-state index in [1.807, 2.05) is 11.8 Å². The number of piperidine rings is 2. The first-order valence-corrected chi connectivity index (χ1v) is 14.9. The van der Waals surface area contributed by atoms with Crippen molar-refractivity contribution < 1.29 is 15.8 Å². The zero-order valence-electron chi connectivity index (χ0n) is 22.5. The van der Waals surface area contributed by atoms with Crippen LogP contribution in [0, 0.1) is 0 Å². The molecule has 4 heterocycles. The van der Waals surface area contributed by atoms with Crippen LogP contribution >= 0.6 is 0 Å². The first kappa shape index (κ1) is 25.0. The molecule has 2 unspecified atom stereocenters. The second-order valence-corrected chi connectivity index (χ2v) is 12.2. The van der Waals surface area contributed by atoms with Gasteiger partial charge in [-0.05, 0) is 82.5 Å². The second-order valence-electron chi connectivity index (χ2n) is 12.2. The number of ether oxygens (including phenoxy) is 1. The van der Waals surface area contributed by atoms with Gasteiger partial charge in [0.1, 0.15) is 0 Å². The molecule has 0 radical (unpaired) electrons. The van der Waals surface area contributed by atoms with Crippen molar-refractivity contribution in [2.75, 3.05) is 26.2 Å². The van der Waals surface area contributed by atoms with Crippen LogP contribution in [0.15, 0.2) is 24.3 Å². The Balaban J connectivity index is 0.00000294. The second kappa shape index (κ2) is 10.5. The number of urea groups is 1. The van der Waals surface area contributed by atoms with Crippen molar-refractivity contribution in [2.24, 2.45) is 0 Å². The van der Waals surface area contributed by atoms with Crippen molar-refractivity contribution in [2.45, 2.75) is 114 Å². The summed E-state index contributed by atoms with van der Waals surface area (Å²) in [6, 6.07) is 10.5. The maximum Gasteiger partial charge on any atom is 0.410 e. The van der Waals surface area contributed by atoms with Crippen LogP contribution in [0.1, 0.15) is 90.1 Å². The summed E-state index contributed by atoms with van der Waals surface area (Å²) in [5, 5.41) is 3.37. The number of hydrogen-bond donors (Lipinski definition) is 1. The summed E-state index contributed by atoms with van der Waals surface area (Å²) in [6.07, 6.45) is 12.4. The lowest BCUT2D eigenvalue weighted by molar-refractivity contribution is 0.0218. The fourth-order valence-electron chi connectivity index (χ4n) is 8.23. The van der Waals surface area contributed by atoms with Crippen LogP contribution in [-0.4, -0.2) is 77.2 Å². The van der Waals surface area contributed by atoms with E-state index in [9.17, 15) is 9.59 Å². The third kappa shape index (κ3) is 4.84. The number of rotatable bonds is 3. The number of carbonyl (C=O) groups excluding carboxylic acids is 2. The fraction of sp³-hybridized carbons (Fsp3) is 0.733. The number of nitrogens with one attached hydrogen (secondary N) is 1. The van der Waals surface area contributed by atoms with Gasteiger partial charge in [-0.1, -0.05) is 43.5 Å². The van der Waals surface area contributed by atoms with Crippen LogP contribution in [0.4, 0.5) is 9.59 Å². The fourth-order valence-corrected chi connectivity index (χ4v) is 8.23. The maximum atomic E-state index is 13.4. The molecular weight excluding hydrogens is 464 g/mol. The third-order valence-corrected chi connectivity index (χ3v) is 10.1. The highest BCUT2D eigenvalue weighted by atomic mass is 16.6. The average molecular weight is 511 g/mol. The average Bonchev–Trinajstić information content (AvgIpc) is 3.19. The Kier molecular flexibility index (Phi) is 7.08. The summed E-state index contributed by atoms with van der Waals surface area (Å²) < 4.78 is 5.36. The topological polar surface area (TPSA) is 65.1 Å². The highest BCUT2D eigenvalue weighted by Crippen LogP contribution is 2.44. The van der Waals surface area contributed by atoms with Crippen LogP contribution in [-0.2, 0) is 16.7 Å². The molecule has 1 aliphatic carbocycles. The highest BCUT2D eigenvalue weighted by molar-refractivity contribution is 5.75. The number of nitrogens with zero attached hydrogens (tertiary/aromatic N) is 3. The van der Waals surface area contributed by atoms with Crippen molar-refractivity contribution in [3.63, 3.8) is 0 Å². The van der Waals surface area contributed by atoms with Gasteiger partial charge in [-0.2, -0.15) is 0 Å². The molecule has 7 heteroatoms. The van der Waals surface area contributed by atoms with Crippen molar-refractivity contribution >= 4 is 12.1 Å². The van der Waals surface area contributed by atoms with Crippen molar-refractivity contribution in [3.05, 3.63) is 35.4 Å². The molecule has 1 aromatic carbocycles. The van der Waals surface area contributed by atoms with Gasteiger partial charge in [-0.25, -0.2) is 9.59 Å². The van der Waals surface area contributed by atoms with E-state index in [-0.39, 0.29) is 19.0 Å². The molecule has 0 aromatic heterocycles. The van der Waals surface area contributed by atoms with E-state index in [2.05, 4.69) is 39.4 Å². The van der Waals surface area contributed by atoms with Crippen LogP contribution < -0.4 is 5.32 Å². The minimum atomic E-state index is -0.114. The number of benzene rings is 1. The Morgan fingerprint density at radius 2 is 1.70 bits per heavy atom. The molecule has 4 fully saturated rings. The van der Waals surface area contributed by atoms with Crippen molar-refractivity contribution in [1.29, 1.82) is 0 Å². The predicted octanol–water partition coefficient (Wildman–Crippen LogP) is 5.28. The molecule has 6 rings (SSSR count). The van der Waals surface area contributed by atoms with Gasteiger partial charge in [0.2, 0.25) is 0 Å². The Hall–Kier alpha value is -2.28. The number of likely N-dealkylation sites (tertiary alicyclic amines) is 1. The Labute approximate surface area is 223 Å². The van der Waals surface area contributed by atoms with Crippen LogP contribution in [0.3, 0.4) is 0 Å². The molecule has 1 spiro atoms. The first-order chi connectivity index (χ1) is 18.1. The standard InChI is InChI=1S/C30H44N4O3.H2/c1-2-37-29(36)34-24-12-13-25(34)19-26(18-24)32-16-14-30(15-17-32)21-33(20-22-8-6-7-11-27(22)30)28(35)31-23-9-4-3-5-10-23;/h6-8,11,23-26H,2-5,9-10,12-21H2,1H3,(H,31,35);1H. The van der Waals surface area contributed by atoms with Crippen molar-refractivity contribution in [3.8, 4) is 0 Å². The molecule has 37 heavy (non-hydrogen) atoms. The van der Waals surface area contributed by atoms with E-state index in [4.69, 9.17) is 4.74 Å². The molecule has 3 amide bonds. The predicted molar refractivity (Wildman–Crippen MR) is 146 cm³/mol. The summed E-state index contributed by atoms with van der Waals surface area (Å²) in [5.41, 5.74) is 2.83. The lowest BCUT2D eigenvalue weighted by atomic mass is 9.68. The van der Waals surface area contributed by atoms with Gasteiger partial charge in [0.25, 0.3) is 0 Å². The van der Waals surface area contributed by atoms with Crippen LogP contribution in [0.5, 0.6) is 0 Å². The zero-order chi connectivity index (χ0) is 25.4. The molecule has 2 bridgehead atoms. The maximum absolute atomic E-state index is 13.4. The van der Waals surface area contributed by atoms with Gasteiger partial charge in [0.05, 0.1) is 6.61 Å². The molecule has 1 aromatic rings. The highest BCUT2D eigenvalue weighted by Gasteiger charge is 2.48. The molecular formula is C30H46N4O3. The monoisotopic (exact) mass is 510 g/mol. The Morgan fingerprint density at radius 1 is 1.00 bits per heavy atom. The molecule has 2 atom stereocenters. The lowest BCUT2D eigenvalue weighted by Crippen LogP contribution is -2.58. The summed E-state index contributed by atoms with van der Waals surface area (Å²) in [6.45, 7) is 6.01. The van der Waals surface area contributed by atoms with E-state index < -0.39 is 0 Å². The first-order valence-electron chi connectivity index (χ1n) is 14.9. The van der Waals surface area contributed by atoms with Gasteiger partial charge in [-0.15, -0.1) is 0 Å². The summed E-state index contributed by atoms with van der Waals surface area (Å²) in [4.78, 5) is 32.8. The van der Waals surface area contributed by atoms with E-state index in [0.717, 1.165) is 77.5 Å². The van der Waals surface area contributed by atoms with E-state index in [0.29, 0.717) is 30.8 Å². The van der Waals surface area contributed by atoms with Gasteiger partial charge < -0.3 is 24.8 Å². The van der Waals surface area contributed by atoms with Gasteiger partial charge in [-0.3, -0.25) is 0 Å². The van der Waals surface area contributed by atoms with Gasteiger partial charge in [0.15, 0.2) is 0 Å². The molecule has 1 N–H and O–H groups in total. The van der Waals surface area contributed by atoms with Crippen LogP contribution in [0.25, 0.3) is 0 Å². The van der Waals surface area contributed by atoms with Gasteiger partial charge >= 0.3 is 12.1 Å². The SMILES string of the molecule is CCOC(=O)N1C2CCC1CC(N1CCC3(CC1)CN(C(=O)NC1CCCCC1)Cc1ccccc13)C2.[HH]. The quantitative estimate of drug-likeness (QED) is 0.601. The minimum absolute atomic E-state index is 0. The molecule has 5 aliphatic rings. The Morgan fingerprint density at radius 3 is 2.41 bits per heavy atom. The Bertz CT molecular complexity index is 977. The van der Waals surface area contributed by atoms with E-state index in [1.54, 1.807) is 0 Å². The van der Waals surface area contributed by atoms with E-state index >= 15 is 0 Å². The largest absolute Gasteiger partial charge is 0.450 e. The smallest absolute Gasteiger partial charge is 0.410 e. The molecule has 1 saturated carbocycles. The summed E-state index contributed by atoms with van der Waals surface area (Å²) in [5.74, 6) is 0. The van der Waals surface area contributed by atoms with Gasteiger partial charge in [0, 0.05) is 44.1 Å². The third-order valence-electron chi connectivity index (χ3n) is 10.1.